The third kappa shape index (κ3) is 5.44. The van der Waals surface area contributed by atoms with E-state index in [0.29, 0.717) is 12.1 Å². The standard InChI is InChI=1S/C16H26N2OS/c1-13-5-2-9-16(11-13)20-12-14(18-17)6-3-7-15-8-4-10-19-15/h2,5,9,11,14-15,18H,3-4,6-8,10,12,17H2,1H3. The third-order valence-corrected chi connectivity index (χ3v) is 4.94. The molecule has 0 aliphatic carbocycles. The molecule has 3 nitrogen and oxygen atoms in total. The Hall–Kier alpha value is -0.550. The lowest BCUT2D eigenvalue weighted by Crippen LogP contribution is -2.37. The number of nitrogens with one attached hydrogen (secondary N) is 1. The number of nitrogens with two attached hydrogens (primary N) is 1. The third-order valence-electron chi connectivity index (χ3n) is 3.78. The lowest BCUT2D eigenvalue weighted by atomic mass is 10.1. The summed E-state index contributed by atoms with van der Waals surface area (Å²) in [5.41, 5.74) is 4.26. The van der Waals surface area contributed by atoms with E-state index in [0.717, 1.165) is 18.8 Å². The van der Waals surface area contributed by atoms with Crippen LogP contribution in [0.5, 0.6) is 0 Å². The summed E-state index contributed by atoms with van der Waals surface area (Å²) in [5.74, 6) is 6.69. The second kappa shape index (κ2) is 8.67. The molecule has 0 aromatic heterocycles. The normalized spacial score (nSPS) is 20.2. The fourth-order valence-electron chi connectivity index (χ4n) is 2.58. The molecule has 0 amide bonds. The van der Waals surface area contributed by atoms with Gasteiger partial charge in [-0.2, -0.15) is 0 Å². The molecule has 2 unspecified atom stereocenters. The summed E-state index contributed by atoms with van der Waals surface area (Å²) in [7, 11) is 0. The highest BCUT2D eigenvalue weighted by Crippen LogP contribution is 2.22. The second-order valence-corrected chi connectivity index (χ2v) is 6.65. The van der Waals surface area contributed by atoms with E-state index < -0.39 is 0 Å². The number of thioether (sulfide) groups is 1. The Labute approximate surface area is 126 Å². The van der Waals surface area contributed by atoms with E-state index in [9.17, 15) is 0 Å². The molecule has 0 spiro atoms. The van der Waals surface area contributed by atoms with Gasteiger partial charge in [-0.3, -0.25) is 11.3 Å². The number of benzene rings is 1. The minimum Gasteiger partial charge on any atom is -0.378 e. The number of aryl methyl sites for hydroxylation is 1. The molecule has 2 rings (SSSR count). The molecule has 1 aromatic rings. The summed E-state index contributed by atoms with van der Waals surface area (Å²) in [6.07, 6.45) is 6.44. The molecule has 1 heterocycles. The Kier molecular flexibility index (Phi) is 6.87. The van der Waals surface area contributed by atoms with Crippen LogP contribution in [0.2, 0.25) is 0 Å². The predicted octanol–water partition coefficient (Wildman–Crippen LogP) is 3.27. The summed E-state index contributed by atoms with van der Waals surface area (Å²) in [5, 5.41) is 0. The fraction of sp³-hybridized carbons (Fsp3) is 0.625. The highest BCUT2D eigenvalue weighted by Gasteiger charge is 2.16. The number of rotatable bonds is 8. The number of hydrogen-bond donors (Lipinski definition) is 2. The van der Waals surface area contributed by atoms with Crippen molar-refractivity contribution in [3.05, 3.63) is 29.8 Å². The van der Waals surface area contributed by atoms with Crippen molar-refractivity contribution in [3.63, 3.8) is 0 Å². The van der Waals surface area contributed by atoms with E-state index in [4.69, 9.17) is 10.6 Å². The van der Waals surface area contributed by atoms with Crippen molar-refractivity contribution < 1.29 is 4.74 Å². The van der Waals surface area contributed by atoms with Gasteiger partial charge in [-0.1, -0.05) is 17.7 Å². The SMILES string of the molecule is Cc1cccc(SCC(CCCC2CCCO2)NN)c1. The molecule has 1 aromatic carbocycles. The van der Waals surface area contributed by atoms with Crippen molar-refractivity contribution in [2.75, 3.05) is 12.4 Å². The monoisotopic (exact) mass is 294 g/mol. The number of hydrogen-bond acceptors (Lipinski definition) is 4. The van der Waals surface area contributed by atoms with Gasteiger partial charge in [0.1, 0.15) is 0 Å². The summed E-state index contributed by atoms with van der Waals surface area (Å²) in [6.45, 7) is 3.08. The average molecular weight is 294 g/mol. The first kappa shape index (κ1) is 15.8. The summed E-state index contributed by atoms with van der Waals surface area (Å²) >= 11 is 1.88. The largest absolute Gasteiger partial charge is 0.378 e. The van der Waals surface area contributed by atoms with E-state index in [1.807, 2.05) is 11.8 Å². The lowest BCUT2D eigenvalue weighted by Gasteiger charge is -2.16. The zero-order valence-corrected chi connectivity index (χ0v) is 13.1. The molecular formula is C16H26N2OS. The maximum Gasteiger partial charge on any atom is 0.0576 e. The summed E-state index contributed by atoms with van der Waals surface area (Å²) in [4.78, 5) is 1.32. The van der Waals surface area contributed by atoms with Crippen molar-refractivity contribution in [2.24, 2.45) is 5.84 Å². The summed E-state index contributed by atoms with van der Waals surface area (Å²) in [6, 6.07) is 9.01. The topological polar surface area (TPSA) is 47.3 Å². The molecule has 3 N–H and O–H groups in total. The van der Waals surface area contributed by atoms with Gasteiger partial charge in [0.25, 0.3) is 0 Å². The van der Waals surface area contributed by atoms with Gasteiger partial charge in [0, 0.05) is 23.3 Å². The van der Waals surface area contributed by atoms with E-state index in [1.165, 1.54) is 36.1 Å². The van der Waals surface area contributed by atoms with Crippen LogP contribution in [-0.4, -0.2) is 24.5 Å². The molecule has 1 aliphatic heterocycles. The Balaban J connectivity index is 1.66. The summed E-state index contributed by atoms with van der Waals surface area (Å²) < 4.78 is 5.65. The number of hydrazine groups is 1. The lowest BCUT2D eigenvalue weighted by molar-refractivity contribution is 0.101. The smallest absolute Gasteiger partial charge is 0.0576 e. The molecular weight excluding hydrogens is 268 g/mol. The van der Waals surface area contributed by atoms with Crippen LogP contribution in [0.3, 0.4) is 0 Å². The Morgan fingerprint density at radius 3 is 3.10 bits per heavy atom. The first-order valence-corrected chi connectivity index (χ1v) is 8.53. The van der Waals surface area contributed by atoms with Crippen LogP contribution in [-0.2, 0) is 4.74 Å². The molecule has 2 atom stereocenters. The Morgan fingerprint density at radius 1 is 1.50 bits per heavy atom. The minimum absolute atomic E-state index is 0.377. The first-order valence-electron chi connectivity index (χ1n) is 7.55. The quantitative estimate of drug-likeness (QED) is 0.439. The maximum absolute atomic E-state index is 5.67. The molecule has 0 radical (unpaired) electrons. The fourth-order valence-corrected chi connectivity index (χ4v) is 3.68. The van der Waals surface area contributed by atoms with Gasteiger partial charge in [-0.25, -0.2) is 0 Å². The average Bonchev–Trinajstić information content (AvgIpc) is 2.96. The Bertz CT molecular complexity index is 394. The van der Waals surface area contributed by atoms with Crippen LogP contribution in [0.25, 0.3) is 0 Å². The highest BCUT2D eigenvalue weighted by molar-refractivity contribution is 7.99. The second-order valence-electron chi connectivity index (χ2n) is 5.56. The van der Waals surface area contributed by atoms with E-state index in [2.05, 4.69) is 36.6 Å². The molecule has 112 valence electrons. The molecule has 0 bridgehead atoms. The molecule has 1 aliphatic rings. The van der Waals surface area contributed by atoms with Crippen molar-refractivity contribution in [3.8, 4) is 0 Å². The minimum atomic E-state index is 0.377. The predicted molar refractivity (Wildman–Crippen MR) is 85.8 cm³/mol. The van der Waals surface area contributed by atoms with Gasteiger partial charge in [-0.15, -0.1) is 11.8 Å². The van der Waals surface area contributed by atoms with Crippen LogP contribution in [0.1, 0.15) is 37.7 Å². The van der Waals surface area contributed by atoms with Crippen molar-refractivity contribution in [1.82, 2.24) is 5.43 Å². The van der Waals surface area contributed by atoms with Gasteiger partial charge < -0.3 is 4.74 Å². The van der Waals surface area contributed by atoms with Gasteiger partial charge in [0.2, 0.25) is 0 Å². The van der Waals surface area contributed by atoms with Gasteiger partial charge >= 0.3 is 0 Å². The zero-order valence-electron chi connectivity index (χ0n) is 12.3. The van der Waals surface area contributed by atoms with Crippen molar-refractivity contribution in [1.29, 1.82) is 0 Å². The van der Waals surface area contributed by atoms with Crippen LogP contribution in [0.15, 0.2) is 29.2 Å². The van der Waals surface area contributed by atoms with E-state index in [1.54, 1.807) is 0 Å². The van der Waals surface area contributed by atoms with Crippen molar-refractivity contribution >= 4 is 11.8 Å². The Morgan fingerprint density at radius 2 is 2.40 bits per heavy atom. The number of ether oxygens (including phenoxy) is 1. The molecule has 0 saturated carbocycles. The zero-order chi connectivity index (χ0) is 14.2. The van der Waals surface area contributed by atoms with Gasteiger partial charge in [-0.05, 0) is 51.2 Å². The molecule has 1 saturated heterocycles. The highest BCUT2D eigenvalue weighted by atomic mass is 32.2. The van der Waals surface area contributed by atoms with Gasteiger partial charge in [0.15, 0.2) is 0 Å². The van der Waals surface area contributed by atoms with Crippen LogP contribution in [0, 0.1) is 6.92 Å². The van der Waals surface area contributed by atoms with Crippen LogP contribution in [0.4, 0.5) is 0 Å². The van der Waals surface area contributed by atoms with Crippen LogP contribution >= 0.6 is 11.8 Å². The van der Waals surface area contributed by atoms with E-state index >= 15 is 0 Å². The van der Waals surface area contributed by atoms with E-state index in [-0.39, 0.29) is 0 Å². The maximum atomic E-state index is 5.67. The molecule has 1 fully saturated rings. The van der Waals surface area contributed by atoms with Gasteiger partial charge in [0.05, 0.1) is 6.10 Å². The van der Waals surface area contributed by atoms with Crippen molar-refractivity contribution in [2.45, 2.75) is 56.1 Å². The molecule has 20 heavy (non-hydrogen) atoms. The first-order chi connectivity index (χ1) is 9.78. The van der Waals surface area contributed by atoms with Crippen LogP contribution < -0.4 is 11.3 Å². The molecule has 4 heteroatoms.